The fraction of sp³-hybridized carbons (Fsp3) is 0.846. The van der Waals surface area contributed by atoms with Gasteiger partial charge in [0, 0.05) is 13.7 Å². The number of carbonyl (C=O) groups excluding carboxylic acids is 2. The molecule has 1 atom stereocenters. The molecule has 0 spiro atoms. The molecule has 0 aliphatic heterocycles. The first-order valence-electron chi connectivity index (χ1n) is 6.67. The molecule has 0 amide bonds. The van der Waals surface area contributed by atoms with Gasteiger partial charge in [-0.1, -0.05) is 0 Å². The minimum absolute atomic E-state index is 0.0573. The highest BCUT2D eigenvalue weighted by Gasteiger charge is 2.22. The van der Waals surface area contributed by atoms with E-state index in [4.69, 9.17) is 23.7 Å². The van der Waals surface area contributed by atoms with Crippen LogP contribution in [-0.2, 0) is 38.0 Å². The molecule has 0 saturated heterocycles. The highest BCUT2D eigenvalue weighted by atomic mass is 16.6. The van der Waals surface area contributed by atoms with Crippen LogP contribution in [0.4, 0.5) is 0 Å². The first-order chi connectivity index (χ1) is 10.3. The van der Waals surface area contributed by atoms with Crippen LogP contribution >= 0.6 is 0 Å². The monoisotopic (exact) mass is 307 g/mol. The Morgan fingerprint density at radius 1 is 1.00 bits per heavy atom. The summed E-state index contributed by atoms with van der Waals surface area (Å²) in [5.74, 6) is -0.704. The van der Waals surface area contributed by atoms with Gasteiger partial charge in [0.25, 0.3) is 0 Å². The maximum absolute atomic E-state index is 11.6. The van der Waals surface area contributed by atoms with Gasteiger partial charge in [-0.05, 0) is 6.92 Å². The molecule has 0 aromatic heterocycles. The fourth-order valence-corrected chi connectivity index (χ4v) is 1.20. The number of hydrogen-bond donors (Lipinski definition) is 0. The Hall–Kier alpha value is -1.22. The van der Waals surface area contributed by atoms with Crippen molar-refractivity contribution >= 4 is 12.4 Å². The Kier molecular flexibility index (Phi) is 14.3. The van der Waals surface area contributed by atoms with E-state index in [2.05, 4.69) is 4.74 Å². The largest absolute Gasteiger partial charge is 0.460 e. The standard InChI is InChI=1S/C13H23O8/c1-3-17-6-7-18-8-9-20-13(15)12(21-11-14)10-19-5-4-16-2/h12H,3-10H2,1-2H3. The normalized spacial score (nSPS) is 11.9. The lowest BCUT2D eigenvalue weighted by molar-refractivity contribution is -0.157. The predicted molar refractivity (Wildman–Crippen MR) is 71.5 cm³/mol. The second-order valence-electron chi connectivity index (χ2n) is 3.73. The summed E-state index contributed by atoms with van der Waals surface area (Å²) in [7, 11) is 1.52. The van der Waals surface area contributed by atoms with Crippen molar-refractivity contribution in [2.45, 2.75) is 13.0 Å². The quantitative estimate of drug-likeness (QED) is 0.301. The van der Waals surface area contributed by atoms with E-state index in [9.17, 15) is 9.59 Å². The molecule has 8 heteroatoms. The smallest absolute Gasteiger partial charge is 0.418 e. The van der Waals surface area contributed by atoms with Gasteiger partial charge in [0.1, 0.15) is 6.61 Å². The van der Waals surface area contributed by atoms with Crippen LogP contribution in [0, 0.1) is 0 Å². The summed E-state index contributed by atoms with van der Waals surface area (Å²) in [6.07, 6.45) is -1.14. The summed E-state index contributed by atoms with van der Waals surface area (Å²) in [5.41, 5.74) is 0. The first-order valence-corrected chi connectivity index (χ1v) is 6.67. The minimum Gasteiger partial charge on any atom is -0.460 e. The Bertz CT molecular complexity index is 259. The molecule has 0 aliphatic rings. The Labute approximate surface area is 124 Å². The van der Waals surface area contributed by atoms with Crippen LogP contribution in [0.25, 0.3) is 0 Å². The van der Waals surface area contributed by atoms with Crippen molar-refractivity contribution in [2.24, 2.45) is 0 Å². The number of hydrogen-bond acceptors (Lipinski definition) is 8. The molecule has 8 nitrogen and oxygen atoms in total. The van der Waals surface area contributed by atoms with Gasteiger partial charge >= 0.3 is 12.4 Å². The molecule has 0 fully saturated rings. The molecule has 1 unspecified atom stereocenters. The number of rotatable bonds is 15. The van der Waals surface area contributed by atoms with Crippen molar-refractivity contribution in [3.63, 3.8) is 0 Å². The van der Waals surface area contributed by atoms with E-state index in [1.54, 1.807) is 0 Å². The van der Waals surface area contributed by atoms with E-state index < -0.39 is 12.1 Å². The van der Waals surface area contributed by atoms with E-state index >= 15 is 0 Å². The predicted octanol–water partition coefficient (Wildman–Crippen LogP) is -0.302. The molecule has 0 aliphatic carbocycles. The lowest BCUT2D eigenvalue weighted by atomic mass is 10.4. The van der Waals surface area contributed by atoms with Crippen molar-refractivity contribution in [3.05, 3.63) is 0 Å². The fourth-order valence-electron chi connectivity index (χ4n) is 1.20. The van der Waals surface area contributed by atoms with Crippen LogP contribution in [0.5, 0.6) is 0 Å². The average Bonchev–Trinajstić information content (AvgIpc) is 2.49. The van der Waals surface area contributed by atoms with Gasteiger partial charge in [-0.2, -0.15) is 0 Å². The molecule has 0 aromatic carbocycles. The SMILES string of the molecule is CCOCCOCCOC(=O)C(COCCOC)O[C]=O. The second kappa shape index (κ2) is 15.2. The summed E-state index contributed by atoms with van der Waals surface area (Å²) in [6, 6.07) is 0. The van der Waals surface area contributed by atoms with Gasteiger partial charge in [-0.25, -0.2) is 9.59 Å². The number of esters is 1. The van der Waals surface area contributed by atoms with Gasteiger partial charge in [0.15, 0.2) is 0 Å². The zero-order valence-corrected chi connectivity index (χ0v) is 12.5. The Balaban J connectivity index is 3.72. The second-order valence-corrected chi connectivity index (χ2v) is 3.73. The Morgan fingerprint density at radius 2 is 1.67 bits per heavy atom. The van der Waals surface area contributed by atoms with Crippen LogP contribution in [0.2, 0.25) is 0 Å². The highest BCUT2D eigenvalue weighted by molar-refractivity contribution is 5.76. The molecule has 0 N–H and O–H groups in total. The van der Waals surface area contributed by atoms with Gasteiger partial charge in [0.05, 0.1) is 39.6 Å². The van der Waals surface area contributed by atoms with Crippen LogP contribution in [0.1, 0.15) is 6.92 Å². The van der Waals surface area contributed by atoms with E-state index in [0.29, 0.717) is 26.4 Å². The van der Waals surface area contributed by atoms with Crippen LogP contribution in [0.15, 0.2) is 0 Å². The molecule has 21 heavy (non-hydrogen) atoms. The van der Waals surface area contributed by atoms with E-state index in [-0.39, 0.29) is 26.4 Å². The van der Waals surface area contributed by atoms with Crippen molar-refractivity contribution < 1.29 is 38.0 Å². The third kappa shape index (κ3) is 12.2. The van der Waals surface area contributed by atoms with Gasteiger partial charge < -0.3 is 28.4 Å². The van der Waals surface area contributed by atoms with Crippen LogP contribution in [0.3, 0.4) is 0 Å². The molecule has 0 rings (SSSR count). The maximum atomic E-state index is 11.6. The van der Waals surface area contributed by atoms with Crippen LogP contribution in [-0.4, -0.2) is 78.5 Å². The summed E-state index contributed by atoms with van der Waals surface area (Å²) >= 11 is 0. The van der Waals surface area contributed by atoms with Crippen LogP contribution < -0.4 is 0 Å². The number of methoxy groups -OCH3 is 1. The van der Waals surface area contributed by atoms with E-state index in [1.807, 2.05) is 6.92 Å². The molecule has 1 radical (unpaired) electrons. The zero-order valence-electron chi connectivity index (χ0n) is 12.5. The molecule has 0 aromatic rings. The molecule has 0 bridgehead atoms. The summed E-state index contributed by atoms with van der Waals surface area (Å²) in [5, 5.41) is 0. The maximum Gasteiger partial charge on any atom is 0.418 e. The zero-order chi connectivity index (χ0) is 15.8. The average molecular weight is 307 g/mol. The van der Waals surface area contributed by atoms with Crippen molar-refractivity contribution in [3.8, 4) is 0 Å². The summed E-state index contributed by atoms with van der Waals surface area (Å²) in [4.78, 5) is 21.8. The van der Waals surface area contributed by atoms with Gasteiger partial charge in [-0.3, -0.25) is 0 Å². The van der Waals surface area contributed by atoms with E-state index in [1.165, 1.54) is 13.6 Å². The van der Waals surface area contributed by atoms with Crippen molar-refractivity contribution in [1.82, 2.24) is 0 Å². The number of carbonyl (C=O) groups is 1. The van der Waals surface area contributed by atoms with Gasteiger partial charge in [0.2, 0.25) is 6.10 Å². The molecule has 123 valence electrons. The molecular weight excluding hydrogens is 284 g/mol. The molecule has 0 saturated carbocycles. The Morgan fingerprint density at radius 3 is 2.33 bits per heavy atom. The summed E-state index contributed by atoms with van der Waals surface area (Å²) in [6.45, 7) is 5.48. The topological polar surface area (TPSA) is 89.5 Å². The van der Waals surface area contributed by atoms with Gasteiger partial charge in [-0.15, -0.1) is 0 Å². The lowest BCUT2D eigenvalue weighted by Gasteiger charge is -2.14. The third-order valence-electron chi connectivity index (χ3n) is 2.20. The molecular formula is C13H23O8. The molecule has 0 heterocycles. The minimum atomic E-state index is -1.14. The van der Waals surface area contributed by atoms with Crippen molar-refractivity contribution in [2.75, 3.05) is 60.0 Å². The summed E-state index contributed by atoms with van der Waals surface area (Å²) < 4.78 is 29.5. The lowest BCUT2D eigenvalue weighted by Crippen LogP contribution is -2.32. The van der Waals surface area contributed by atoms with E-state index in [0.717, 1.165) is 0 Å². The third-order valence-corrected chi connectivity index (χ3v) is 2.20. The highest BCUT2D eigenvalue weighted by Crippen LogP contribution is 1.97. The first kappa shape index (κ1) is 19.8. The number of ether oxygens (including phenoxy) is 6. The van der Waals surface area contributed by atoms with Crippen molar-refractivity contribution in [1.29, 1.82) is 0 Å².